The van der Waals surface area contributed by atoms with Gasteiger partial charge in [-0.2, -0.15) is 0 Å². The van der Waals surface area contributed by atoms with Gasteiger partial charge in [0, 0.05) is 82.4 Å². The normalized spacial score (nSPS) is 22.7. The van der Waals surface area contributed by atoms with E-state index in [1.807, 2.05) is 0 Å². The van der Waals surface area contributed by atoms with Crippen LogP contribution >= 0.6 is 11.6 Å². The molecule has 1 aromatic carbocycles. The Balaban J connectivity index is 1.37. The Kier molecular flexibility index (Phi) is 9.85. The summed E-state index contributed by atoms with van der Waals surface area (Å²) < 4.78 is 16.6. The third kappa shape index (κ3) is 7.33. The molecule has 36 heavy (non-hydrogen) atoms. The molecule has 0 bridgehead atoms. The maximum Gasteiger partial charge on any atom is 0.126 e. The van der Waals surface area contributed by atoms with Crippen LogP contribution in [-0.4, -0.2) is 69.3 Å². The number of benzene rings is 1. The minimum Gasteiger partial charge on any atom is -0.383 e. The lowest BCUT2D eigenvalue weighted by Crippen LogP contribution is -2.44. The summed E-state index contributed by atoms with van der Waals surface area (Å²) in [4.78, 5) is 4.57. The minimum absolute atomic E-state index is 0.185. The van der Waals surface area contributed by atoms with Crippen molar-refractivity contribution in [3.05, 3.63) is 41.6 Å². The van der Waals surface area contributed by atoms with Crippen LogP contribution in [0.25, 0.3) is 11.1 Å². The zero-order chi connectivity index (χ0) is 25.4. The molecule has 7 nitrogen and oxygen atoms in total. The predicted molar refractivity (Wildman–Crippen MR) is 147 cm³/mol. The Morgan fingerprint density at radius 2 is 1.86 bits per heavy atom. The molecule has 2 aliphatic rings. The Morgan fingerprint density at radius 3 is 2.58 bits per heavy atom. The highest BCUT2D eigenvalue weighted by molar-refractivity contribution is 6.33. The largest absolute Gasteiger partial charge is 0.383 e. The highest BCUT2D eigenvalue weighted by Gasteiger charge is 2.32. The van der Waals surface area contributed by atoms with Crippen LogP contribution in [0.1, 0.15) is 45.4 Å². The molecule has 1 aliphatic heterocycles. The summed E-state index contributed by atoms with van der Waals surface area (Å²) >= 11 is 6.60. The van der Waals surface area contributed by atoms with Crippen molar-refractivity contribution < 1.29 is 14.2 Å². The molecule has 1 saturated heterocycles. The van der Waals surface area contributed by atoms with Crippen LogP contribution in [0.3, 0.4) is 0 Å². The van der Waals surface area contributed by atoms with E-state index in [0.29, 0.717) is 23.1 Å². The lowest BCUT2D eigenvalue weighted by atomic mass is 9.90. The van der Waals surface area contributed by atoms with Crippen LogP contribution < -0.4 is 16.0 Å². The highest BCUT2D eigenvalue weighted by Crippen LogP contribution is 2.32. The van der Waals surface area contributed by atoms with E-state index < -0.39 is 0 Å². The summed E-state index contributed by atoms with van der Waals surface area (Å²) in [5.74, 6) is 0.873. The van der Waals surface area contributed by atoms with Gasteiger partial charge in [0.05, 0.1) is 17.2 Å². The van der Waals surface area contributed by atoms with Crippen LogP contribution in [0.2, 0.25) is 5.02 Å². The van der Waals surface area contributed by atoms with Gasteiger partial charge in [-0.1, -0.05) is 23.7 Å². The van der Waals surface area contributed by atoms with Gasteiger partial charge in [0.25, 0.3) is 0 Å². The molecule has 4 rings (SSSR count). The number of methoxy groups -OCH3 is 2. The second kappa shape index (κ2) is 13.1. The Bertz CT molecular complexity index is 962. The van der Waals surface area contributed by atoms with Gasteiger partial charge in [-0.15, -0.1) is 0 Å². The monoisotopic (exact) mass is 516 g/mol. The first kappa shape index (κ1) is 27.1. The number of hydrogen-bond donors (Lipinski definition) is 3. The summed E-state index contributed by atoms with van der Waals surface area (Å²) in [5.41, 5.74) is 2.91. The molecule has 8 heteroatoms. The van der Waals surface area contributed by atoms with Gasteiger partial charge < -0.3 is 30.2 Å². The van der Waals surface area contributed by atoms with Crippen LogP contribution in [0, 0.1) is 0 Å². The molecule has 0 radical (unpaired) electrons. The van der Waals surface area contributed by atoms with Crippen LogP contribution in [-0.2, 0) is 14.2 Å². The standard InChI is InChI=1S/C28H41ClN4O3/c1-20(18-34-2)32-22-7-9-23(10-8-22)33-27-16-25(26(29)17-30-27)21-5-4-6-24(15-21)31-19-28(35-3)11-13-36-14-12-28/h4-6,15-17,20,22-23,31-32H,7-14,18-19H2,1-3H3,(H,30,33)/t20-,22?,23?/m1/s1. The van der Waals surface area contributed by atoms with Gasteiger partial charge in [0.15, 0.2) is 0 Å². The molecule has 1 aliphatic carbocycles. The molecule has 2 heterocycles. The van der Waals surface area contributed by atoms with Gasteiger partial charge in [-0.25, -0.2) is 4.98 Å². The van der Waals surface area contributed by atoms with Gasteiger partial charge in [0.2, 0.25) is 0 Å². The lowest BCUT2D eigenvalue weighted by molar-refractivity contribution is -0.0807. The summed E-state index contributed by atoms with van der Waals surface area (Å²) in [7, 11) is 3.54. The lowest BCUT2D eigenvalue weighted by Gasteiger charge is -2.36. The number of nitrogens with zero attached hydrogens (tertiary/aromatic N) is 1. The first-order valence-electron chi connectivity index (χ1n) is 13.1. The van der Waals surface area contributed by atoms with Gasteiger partial charge >= 0.3 is 0 Å². The van der Waals surface area contributed by atoms with E-state index in [-0.39, 0.29) is 5.60 Å². The molecule has 3 N–H and O–H groups in total. The van der Waals surface area contributed by atoms with Gasteiger partial charge in [-0.3, -0.25) is 0 Å². The average molecular weight is 517 g/mol. The van der Waals surface area contributed by atoms with Crippen molar-refractivity contribution in [1.29, 1.82) is 0 Å². The van der Waals surface area contributed by atoms with E-state index in [2.05, 4.69) is 58.2 Å². The van der Waals surface area contributed by atoms with Crippen LogP contribution in [0.15, 0.2) is 36.5 Å². The van der Waals surface area contributed by atoms with E-state index in [9.17, 15) is 0 Å². The zero-order valence-corrected chi connectivity index (χ0v) is 22.6. The number of ether oxygens (including phenoxy) is 3. The minimum atomic E-state index is -0.185. The number of anilines is 2. The number of aromatic nitrogens is 1. The van der Waals surface area contributed by atoms with E-state index >= 15 is 0 Å². The van der Waals surface area contributed by atoms with E-state index in [1.165, 1.54) is 0 Å². The van der Waals surface area contributed by atoms with Gasteiger partial charge in [0.1, 0.15) is 5.82 Å². The maximum atomic E-state index is 6.60. The Morgan fingerprint density at radius 1 is 1.11 bits per heavy atom. The topological polar surface area (TPSA) is 76.7 Å². The molecule has 1 aromatic heterocycles. The third-order valence-electron chi connectivity index (χ3n) is 7.50. The summed E-state index contributed by atoms with van der Waals surface area (Å²) in [5, 5.41) is 11.5. The smallest absolute Gasteiger partial charge is 0.126 e. The molecular formula is C28H41ClN4O3. The SMILES string of the molecule is COC[C@@H](C)NC1CCC(Nc2cc(-c3cccc(NCC4(OC)CCOCC4)c3)c(Cl)cn2)CC1. The van der Waals surface area contributed by atoms with Crippen molar-refractivity contribution >= 4 is 23.1 Å². The van der Waals surface area contributed by atoms with Crippen molar-refractivity contribution in [1.82, 2.24) is 10.3 Å². The zero-order valence-electron chi connectivity index (χ0n) is 21.8. The molecule has 1 saturated carbocycles. The van der Waals surface area contributed by atoms with Crippen LogP contribution in [0.4, 0.5) is 11.5 Å². The van der Waals surface area contributed by atoms with Crippen molar-refractivity contribution in [3.63, 3.8) is 0 Å². The second-order valence-electron chi connectivity index (χ2n) is 10.2. The molecule has 0 amide bonds. The number of nitrogens with one attached hydrogen (secondary N) is 3. The predicted octanol–water partition coefficient (Wildman–Crippen LogP) is 5.36. The number of rotatable bonds is 11. The fourth-order valence-electron chi connectivity index (χ4n) is 5.31. The number of pyridine rings is 1. The molecule has 0 unspecified atom stereocenters. The maximum absolute atomic E-state index is 6.60. The Labute approximate surface area is 220 Å². The van der Waals surface area contributed by atoms with E-state index in [4.69, 9.17) is 25.8 Å². The fourth-order valence-corrected chi connectivity index (χ4v) is 5.52. The van der Waals surface area contributed by atoms with Crippen molar-refractivity contribution in [2.75, 3.05) is 51.2 Å². The third-order valence-corrected chi connectivity index (χ3v) is 7.80. The number of halogens is 1. The van der Waals surface area contributed by atoms with E-state index in [1.54, 1.807) is 20.4 Å². The van der Waals surface area contributed by atoms with Crippen LogP contribution in [0.5, 0.6) is 0 Å². The molecule has 1 atom stereocenters. The fraction of sp³-hybridized carbons (Fsp3) is 0.607. The summed E-state index contributed by atoms with van der Waals surface area (Å²) in [6.07, 6.45) is 8.06. The Hall–Kier alpha value is -1.90. The molecule has 2 fully saturated rings. The number of hydrogen-bond acceptors (Lipinski definition) is 7. The average Bonchev–Trinajstić information content (AvgIpc) is 2.90. The van der Waals surface area contributed by atoms with Crippen molar-refractivity contribution in [2.45, 2.75) is 69.2 Å². The summed E-state index contributed by atoms with van der Waals surface area (Å²) in [6, 6.07) is 11.8. The first-order valence-corrected chi connectivity index (χ1v) is 13.5. The molecule has 0 spiro atoms. The highest BCUT2D eigenvalue weighted by atomic mass is 35.5. The van der Waals surface area contributed by atoms with Gasteiger partial charge in [-0.05, 0) is 56.4 Å². The summed E-state index contributed by atoms with van der Waals surface area (Å²) in [6.45, 7) is 5.15. The van der Waals surface area contributed by atoms with Crippen molar-refractivity contribution in [3.8, 4) is 11.1 Å². The van der Waals surface area contributed by atoms with Crippen molar-refractivity contribution in [2.24, 2.45) is 0 Å². The molecular weight excluding hydrogens is 476 g/mol. The molecule has 2 aromatic rings. The quantitative estimate of drug-likeness (QED) is 0.371. The first-order chi connectivity index (χ1) is 17.5. The van der Waals surface area contributed by atoms with E-state index in [0.717, 1.165) is 87.5 Å². The molecule has 198 valence electrons. The second-order valence-corrected chi connectivity index (χ2v) is 10.6.